The predicted molar refractivity (Wildman–Crippen MR) is 55.6 cm³/mol. The monoisotopic (exact) mass is 277 g/mol. The van der Waals surface area contributed by atoms with Gasteiger partial charge >= 0.3 is 5.97 Å². The third kappa shape index (κ3) is 1.68. The van der Waals surface area contributed by atoms with E-state index in [1.807, 2.05) is 0 Å². The van der Waals surface area contributed by atoms with Crippen molar-refractivity contribution < 1.29 is 14.4 Å². The molecule has 1 aliphatic rings. The highest BCUT2D eigenvalue weighted by atomic mass is 79.9. The Morgan fingerprint density at radius 1 is 1.71 bits per heavy atom. The van der Waals surface area contributed by atoms with Crippen molar-refractivity contribution in [2.45, 2.75) is 18.1 Å². The van der Waals surface area contributed by atoms with Gasteiger partial charge in [0.05, 0.1) is 5.56 Å². The number of carboxylic acid groups (broad SMARTS) is 1. The summed E-state index contributed by atoms with van der Waals surface area (Å²) in [6.07, 6.45) is 2.11. The summed E-state index contributed by atoms with van der Waals surface area (Å²) in [4.78, 5) is 10.8. The van der Waals surface area contributed by atoms with Crippen LogP contribution in [0, 0.1) is 0 Å². The van der Waals surface area contributed by atoms with Crippen molar-refractivity contribution in [3.63, 3.8) is 0 Å². The van der Waals surface area contributed by atoms with E-state index in [4.69, 9.17) is 9.63 Å². The number of halogens is 1. The van der Waals surface area contributed by atoms with Gasteiger partial charge in [0.15, 0.2) is 4.60 Å². The van der Waals surface area contributed by atoms with Crippen molar-refractivity contribution in [1.82, 2.24) is 5.16 Å². The first-order chi connectivity index (χ1) is 6.70. The highest BCUT2D eigenvalue weighted by Gasteiger charge is 2.29. The average molecular weight is 278 g/mol. The lowest BCUT2D eigenvalue weighted by Gasteiger charge is -2.05. The second-order valence-electron chi connectivity index (χ2n) is 3.02. The zero-order valence-electron chi connectivity index (χ0n) is 7.20. The van der Waals surface area contributed by atoms with Crippen LogP contribution in [-0.2, 0) is 0 Å². The highest BCUT2D eigenvalue weighted by Crippen LogP contribution is 2.43. The van der Waals surface area contributed by atoms with Crippen LogP contribution in [0.3, 0.4) is 0 Å². The quantitative estimate of drug-likeness (QED) is 0.901. The van der Waals surface area contributed by atoms with E-state index in [2.05, 4.69) is 21.1 Å². The van der Waals surface area contributed by atoms with Crippen LogP contribution < -0.4 is 0 Å². The van der Waals surface area contributed by atoms with Gasteiger partial charge in [0, 0.05) is 5.25 Å². The van der Waals surface area contributed by atoms with Crippen LogP contribution in [0.25, 0.3) is 0 Å². The summed E-state index contributed by atoms with van der Waals surface area (Å²) in [7, 11) is 0. The number of nitrogens with zero attached hydrogens (tertiary/aromatic N) is 1. The first kappa shape index (κ1) is 10.0. The molecule has 0 saturated carbocycles. The molecule has 0 radical (unpaired) electrons. The van der Waals surface area contributed by atoms with Crippen molar-refractivity contribution in [2.75, 3.05) is 5.75 Å². The second kappa shape index (κ2) is 3.94. The van der Waals surface area contributed by atoms with E-state index in [0.717, 1.165) is 18.6 Å². The van der Waals surface area contributed by atoms with Crippen molar-refractivity contribution >= 4 is 33.7 Å². The predicted octanol–water partition coefficient (Wildman–Crippen LogP) is 2.70. The van der Waals surface area contributed by atoms with Crippen LogP contribution in [0.5, 0.6) is 0 Å². The zero-order chi connectivity index (χ0) is 10.1. The van der Waals surface area contributed by atoms with Crippen LogP contribution in [0.4, 0.5) is 0 Å². The number of carbonyl (C=O) groups is 1. The lowest BCUT2D eigenvalue weighted by Crippen LogP contribution is -2.01. The molecule has 6 heteroatoms. The number of thioether (sulfide) groups is 1. The van der Waals surface area contributed by atoms with E-state index < -0.39 is 5.97 Å². The number of hydrogen-bond donors (Lipinski definition) is 1. The molecule has 0 aliphatic carbocycles. The molecule has 2 rings (SSSR count). The molecule has 1 aliphatic heterocycles. The molecule has 4 nitrogen and oxygen atoms in total. The summed E-state index contributed by atoms with van der Waals surface area (Å²) in [6.45, 7) is 0. The summed E-state index contributed by atoms with van der Waals surface area (Å²) < 4.78 is 5.28. The molecule has 1 saturated heterocycles. The van der Waals surface area contributed by atoms with Gasteiger partial charge in [-0.2, -0.15) is 11.8 Å². The zero-order valence-corrected chi connectivity index (χ0v) is 9.60. The standard InChI is InChI=1S/C8H8BrNO3S/c9-7-5(4-2-1-3-14-4)6(8(11)12)13-10-7/h4H,1-3H2,(H,11,12). The summed E-state index contributed by atoms with van der Waals surface area (Å²) in [6, 6.07) is 0. The molecule has 0 aromatic carbocycles. The number of rotatable bonds is 2. The molecule has 1 unspecified atom stereocenters. The molecule has 1 aromatic heterocycles. The van der Waals surface area contributed by atoms with E-state index in [1.165, 1.54) is 0 Å². The van der Waals surface area contributed by atoms with E-state index >= 15 is 0 Å². The minimum atomic E-state index is -1.05. The summed E-state index contributed by atoms with van der Waals surface area (Å²) in [5.41, 5.74) is 0.694. The van der Waals surface area contributed by atoms with Crippen LogP contribution in [-0.4, -0.2) is 22.0 Å². The van der Waals surface area contributed by atoms with Crippen molar-refractivity contribution in [1.29, 1.82) is 0 Å². The average Bonchev–Trinajstić information content (AvgIpc) is 2.71. The Hall–Kier alpha value is -0.490. The molecule has 1 fully saturated rings. The first-order valence-corrected chi connectivity index (χ1v) is 6.04. The lowest BCUT2D eigenvalue weighted by atomic mass is 10.1. The minimum absolute atomic E-state index is 0.0312. The van der Waals surface area contributed by atoms with Crippen molar-refractivity contribution in [3.8, 4) is 0 Å². The number of carboxylic acids is 1. The van der Waals surface area contributed by atoms with Crippen LogP contribution in [0.1, 0.15) is 34.2 Å². The van der Waals surface area contributed by atoms with Gasteiger partial charge in [-0.25, -0.2) is 4.79 Å². The van der Waals surface area contributed by atoms with Crippen LogP contribution in [0.2, 0.25) is 0 Å². The largest absolute Gasteiger partial charge is 0.475 e. The Morgan fingerprint density at radius 3 is 3.07 bits per heavy atom. The third-order valence-corrected chi connectivity index (χ3v) is 4.10. The summed E-state index contributed by atoms with van der Waals surface area (Å²) in [5, 5.41) is 12.7. The van der Waals surface area contributed by atoms with Gasteiger partial charge in [-0.1, -0.05) is 5.16 Å². The van der Waals surface area contributed by atoms with E-state index in [1.54, 1.807) is 11.8 Å². The molecule has 0 amide bonds. The molecule has 0 bridgehead atoms. The highest BCUT2D eigenvalue weighted by molar-refractivity contribution is 9.10. The first-order valence-electron chi connectivity index (χ1n) is 4.20. The SMILES string of the molecule is O=C(O)c1onc(Br)c1C1CCCS1. The number of hydrogen-bond acceptors (Lipinski definition) is 4. The number of aromatic nitrogens is 1. The van der Waals surface area contributed by atoms with Gasteiger partial charge in [-0.3, -0.25) is 0 Å². The summed E-state index contributed by atoms with van der Waals surface area (Å²) >= 11 is 4.97. The molecular weight excluding hydrogens is 270 g/mol. The lowest BCUT2D eigenvalue weighted by molar-refractivity contribution is 0.0650. The van der Waals surface area contributed by atoms with Gasteiger partial charge in [-0.05, 0) is 34.5 Å². The fourth-order valence-electron chi connectivity index (χ4n) is 1.52. The maximum absolute atomic E-state index is 10.8. The Kier molecular flexibility index (Phi) is 2.83. The Bertz CT molecular complexity index is 359. The van der Waals surface area contributed by atoms with Crippen molar-refractivity contribution in [3.05, 3.63) is 15.9 Å². The van der Waals surface area contributed by atoms with Gasteiger partial charge in [0.2, 0.25) is 5.76 Å². The normalized spacial score (nSPS) is 21.4. The van der Waals surface area contributed by atoms with Crippen LogP contribution in [0.15, 0.2) is 9.13 Å². The third-order valence-electron chi connectivity index (χ3n) is 2.13. The molecule has 0 spiro atoms. The maximum atomic E-state index is 10.8. The fraction of sp³-hybridized carbons (Fsp3) is 0.500. The van der Waals surface area contributed by atoms with Gasteiger partial charge in [-0.15, -0.1) is 0 Å². The molecule has 1 N–H and O–H groups in total. The number of aromatic carboxylic acids is 1. The molecule has 1 aromatic rings. The second-order valence-corrected chi connectivity index (χ2v) is 5.08. The van der Waals surface area contributed by atoms with E-state index in [-0.39, 0.29) is 11.0 Å². The van der Waals surface area contributed by atoms with E-state index in [0.29, 0.717) is 10.2 Å². The van der Waals surface area contributed by atoms with Gasteiger partial charge in [0.25, 0.3) is 0 Å². The Balaban J connectivity index is 2.38. The molecule has 2 heterocycles. The smallest absolute Gasteiger partial charge is 0.375 e. The summed E-state index contributed by atoms with van der Waals surface area (Å²) in [5.74, 6) is -0.0107. The van der Waals surface area contributed by atoms with Gasteiger partial charge in [0.1, 0.15) is 0 Å². The van der Waals surface area contributed by atoms with Crippen LogP contribution >= 0.6 is 27.7 Å². The maximum Gasteiger partial charge on any atom is 0.375 e. The fourth-order valence-corrected chi connectivity index (χ4v) is 3.53. The molecule has 14 heavy (non-hydrogen) atoms. The van der Waals surface area contributed by atoms with Crippen molar-refractivity contribution in [2.24, 2.45) is 0 Å². The molecule has 1 atom stereocenters. The van der Waals surface area contributed by atoms with E-state index in [9.17, 15) is 4.79 Å². The molecular formula is C8H8BrNO3S. The topological polar surface area (TPSA) is 63.3 Å². The Morgan fingerprint density at radius 2 is 2.50 bits per heavy atom. The molecule has 76 valence electrons. The minimum Gasteiger partial charge on any atom is -0.475 e. The van der Waals surface area contributed by atoms with Gasteiger partial charge < -0.3 is 9.63 Å². The Labute approximate surface area is 93.2 Å².